The van der Waals surface area contributed by atoms with Gasteiger partial charge in [0.05, 0.1) is 5.69 Å². The van der Waals surface area contributed by atoms with Crippen LogP contribution >= 0.6 is 11.3 Å². The van der Waals surface area contributed by atoms with E-state index in [-0.39, 0.29) is 11.4 Å². The largest absolute Gasteiger partial charge is 0.350 e. The number of aryl methyl sites for hydroxylation is 1. The zero-order valence-electron chi connectivity index (χ0n) is 13.7. The van der Waals surface area contributed by atoms with Gasteiger partial charge in [0.1, 0.15) is 0 Å². The molecular formula is C16H26N4OS. The molecule has 0 aliphatic carbocycles. The molecule has 1 aromatic heterocycles. The molecule has 3 heterocycles. The third kappa shape index (κ3) is 3.43. The maximum atomic E-state index is 11.6. The Hall–Kier alpha value is -1.14. The monoisotopic (exact) mass is 322 g/mol. The van der Waals surface area contributed by atoms with Crippen LogP contribution in [0.2, 0.25) is 0 Å². The second-order valence-electron chi connectivity index (χ2n) is 7.06. The van der Waals surface area contributed by atoms with Crippen molar-refractivity contribution in [1.29, 1.82) is 0 Å². The van der Waals surface area contributed by atoms with Crippen molar-refractivity contribution in [1.82, 2.24) is 15.6 Å². The molecule has 0 radical (unpaired) electrons. The van der Waals surface area contributed by atoms with Crippen LogP contribution in [0.1, 0.15) is 45.2 Å². The fourth-order valence-corrected chi connectivity index (χ4v) is 4.30. The van der Waals surface area contributed by atoms with Gasteiger partial charge in [0.15, 0.2) is 5.13 Å². The van der Waals surface area contributed by atoms with Crippen molar-refractivity contribution in [2.75, 3.05) is 18.0 Å². The lowest BCUT2D eigenvalue weighted by Gasteiger charge is -2.43. The van der Waals surface area contributed by atoms with Gasteiger partial charge in [-0.2, -0.15) is 0 Å². The number of thiazole rings is 1. The van der Waals surface area contributed by atoms with E-state index in [9.17, 15) is 4.79 Å². The number of nitrogens with zero attached hydrogens (tertiary/aromatic N) is 2. The first-order chi connectivity index (χ1) is 10.4. The van der Waals surface area contributed by atoms with Gasteiger partial charge in [-0.05, 0) is 40.0 Å². The quantitative estimate of drug-likeness (QED) is 0.894. The summed E-state index contributed by atoms with van der Waals surface area (Å²) in [6.07, 6.45) is 3.85. The molecule has 0 saturated carbocycles. The van der Waals surface area contributed by atoms with Crippen LogP contribution in [0, 0.1) is 6.92 Å². The van der Waals surface area contributed by atoms with Crippen LogP contribution in [0.3, 0.4) is 0 Å². The maximum Gasteiger partial charge on any atom is 0.220 e. The van der Waals surface area contributed by atoms with Crippen molar-refractivity contribution < 1.29 is 4.79 Å². The first-order valence-electron chi connectivity index (χ1n) is 8.18. The molecule has 0 bridgehead atoms. The summed E-state index contributed by atoms with van der Waals surface area (Å²) in [7, 11) is 0. The smallest absolute Gasteiger partial charge is 0.220 e. The standard InChI is InChI=1S/C16H26N4OS/c1-11-10-22-15(17-11)20-8-6-12(7-9-20)18-13-4-5-14(21)19-16(13,2)3/h10,12-13,18H,4-9H2,1-3H3,(H,19,21). The van der Waals surface area contributed by atoms with Gasteiger partial charge in [0.2, 0.25) is 5.91 Å². The molecule has 2 fully saturated rings. The summed E-state index contributed by atoms with van der Waals surface area (Å²) < 4.78 is 0. The number of hydrogen-bond donors (Lipinski definition) is 2. The van der Waals surface area contributed by atoms with E-state index in [2.05, 4.69) is 39.7 Å². The Morgan fingerprint density at radius 2 is 2.09 bits per heavy atom. The summed E-state index contributed by atoms with van der Waals surface area (Å²) >= 11 is 1.74. The Bertz CT molecular complexity index is 534. The van der Waals surface area contributed by atoms with Gasteiger partial charge in [-0.15, -0.1) is 11.3 Å². The molecule has 3 rings (SSSR count). The molecule has 5 nitrogen and oxygen atoms in total. The summed E-state index contributed by atoms with van der Waals surface area (Å²) in [5, 5.41) is 10.2. The highest BCUT2D eigenvalue weighted by Crippen LogP contribution is 2.26. The number of nitrogens with one attached hydrogen (secondary N) is 2. The number of hydrogen-bond acceptors (Lipinski definition) is 5. The zero-order valence-corrected chi connectivity index (χ0v) is 14.5. The summed E-state index contributed by atoms with van der Waals surface area (Å²) in [4.78, 5) is 18.5. The third-order valence-electron chi connectivity index (χ3n) is 4.80. The van der Waals surface area contributed by atoms with Gasteiger partial charge in [0, 0.05) is 42.5 Å². The molecule has 0 spiro atoms. The van der Waals surface area contributed by atoms with E-state index in [1.807, 2.05) is 6.92 Å². The normalized spacial score (nSPS) is 26.0. The lowest BCUT2D eigenvalue weighted by molar-refractivity contribution is -0.125. The first kappa shape index (κ1) is 15.7. The van der Waals surface area contributed by atoms with Crippen LogP contribution in [0.25, 0.3) is 0 Å². The fraction of sp³-hybridized carbons (Fsp3) is 0.750. The molecule has 1 unspecified atom stereocenters. The maximum absolute atomic E-state index is 11.6. The second-order valence-corrected chi connectivity index (χ2v) is 7.90. The van der Waals surface area contributed by atoms with Crippen molar-refractivity contribution >= 4 is 22.4 Å². The zero-order chi connectivity index (χ0) is 15.7. The first-order valence-corrected chi connectivity index (χ1v) is 9.06. The van der Waals surface area contributed by atoms with E-state index in [1.54, 1.807) is 11.3 Å². The van der Waals surface area contributed by atoms with Crippen molar-refractivity contribution in [3.8, 4) is 0 Å². The molecule has 122 valence electrons. The number of rotatable bonds is 3. The molecule has 1 aromatic rings. The second kappa shape index (κ2) is 6.16. The SMILES string of the molecule is Cc1csc(N2CCC(NC3CCC(=O)NC3(C)C)CC2)n1. The lowest BCUT2D eigenvalue weighted by Crippen LogP contribution is -2.63. The van der Waals surface area contributed by atoms with E-state index in [4.69, 9.17) is 0 Å². The van der Waals surface area contributed by atoms with Crippen molar-refractivity contribution in [2.24, 2.45) is 0 Å². The Balaban J connectivity index is 1.52. The molecule has 2 aliphatic heterocycles. The average Bonchev–Trinajstić information content (AvgIpc) is 2.89. The summed E-state index contributed by atoms with van der Waals surface area (Å²) in [5.74, 6) is 0.178. The number of aromatic nitrogens is 1. The predicted octanol–water partition coefficient (Wildman–Crippen LogP) is 2.07. The molecule has 1 atom stereocenters. The van der Waals surface area contributed by atoms with E-state index >= 15 is 0 Å². The van der Waals surface area contributed by atoms with E-state index in [1.165, 1.54) is 0 Å². The molecule has 1 amide bonds. The van der Waals surface area contributed by atoms with Crippen LogP contribution < -0.4 is 15.5 Å². The number of piperidine rings is 2. The van der Waals surface area contributed by atoms with Crippen molar-refractivity contribution in [3.05, 3.63) is 11.1 Å². The Kier molecular flexibility index (Phi) is 4.41. The van der Waals surface area contributed by atoms with Gasteiger partial charge in [-0.3, -0.25) is 4.79 Å². The molecular weight excluding hydrogens is 296 g/mol. The minimum atomic E-state index is -0.154. The van der Waals surface area contributed by atoms with Gasteiger partial charge in [-0.1, -0.05) is 0 Å². The number of carbonyl (C=O) groups excluding carboxylic acids is 1. The predicted molar refractivity (Wildman–Crippen MR) is 90.5 cm³/mol. The van der Waals surface area contributed by atoms with Crippen molar-refractivity contribution in [3.63, 3.8) is 0 Å². The summed E-state index contributed by atoms with van der Waals surface area (Å²) in [5.41, 5.74) is 0.957. The van der Waals surface area contributed by atoms with E-state index in [0.29, 0.717) is 18.5 Å². The van der Waals surface area contributed by atoms with Gasteiger partial charge in [-0.25, -0.2) is 4.98 Å². The number of amides is 1. The molecule has 2 saturated heterocycles. The van der Waals surface area contributed by atoms with Crippen LogP contribution in [0.5, 0.6) is 0 Å². The number of anilines is 1. The minimum absolute atomic E-state index is 0.154. The average molecular weight is 322 g/mol. The molecule has 2 N–H and O–H groups in total. The Labute approximate surface area is 136 Å². The highest BCUT2D eigenvalue weighted by atomic mass is 32.1. The lowest BCUT2D eigenvalue weighted by atomic mass is 9.85. The van der Waals surface area contributed by atoms with E-state index in [0.717, 1.165) is 43.2 Å². The summed E-state index contributed by atoms with van der Waals surface area (Å²) in [6.45, 7) is 8.41. The van der Waals surface area contributed by atoms with Gasteiger partial charge >= 0.3 is 0 Å². The highest BCUT2D eigenvalue weighted by Gasteiger charge is 2.36. The fourth-order valence-electron chi connectivity index (χ4n) is 3.45. The number of carbonyl (C=O) groups is 1. The highest BCUT2D eigenvalue weighted by molar-refractivity contribution is 7.13. The summed E-state index contributed by atoms with van der Waals surface area (Å²) in [6, 6.07) is 0.903. The van der Waals surface area contributed by atoms with Crippen LogP contribution in [-0.4, -0.2) is 41.6 Å². The van der Waals surface area contributed by atoms with Crippen molar-refractivity contribution in [2.45, 2.75) is 64.1 Å². The Morgan fingerprint density at radius 1 is 1.36 bits per heavy atom. The molecule has 22 heavy (non-hydrogen) atoms. The molecule has 6 heteroatoms. The molecule has 2 aliphatic rings. The third-order valence-corrected chi connectivity index (χ3v) is 5.82. The van der Waals surface area contributed by atoms with Gasteiger partial charge in [0.25, 0.3) is 0 Å². The minimum Gasteiger partial charge on any atom is -0.350 e. The van der Waals surface area contributed by atoms with Crippen LogP contribution in [0.4, 0.5) is 5.13 Å². The van der Waals surface area contributed by atoms with Gasteiger partial charge < -0.3 is 15.5 Å². The molecule has 0 aromatic carbocycles. The topological polar surface area (TPSA) is 57.3 Å². The van der Waals surface area contributed by atoms with E-state index < -0.39 is 0 Å². The van der Waals surface area contributed by atoms with Crippen LogP contribution in [-0.2, 0) is 4.79 Å². The van der Waals surface area contributed by atoms with Crippen LogP contribution in [0.15, 0.2) is 5.38 Å². The Morgan fingerprint density at radius 3 is 2.68 bits per heavy atom.